The first-order chi connectivity index (χ1) is 31.3. The maximum atomic E-state index is 15.2. The molecule has 1 aliphatic heterocycles. The van der Waals surface area contributed by atoms with E-state index < -0.39 is 62.7 Å². The number of sulfonamides is 1. The maximum Gasteiger partial charge on any atom is 0.357 e. The van der Waals surface area contributed by atoms with Crippen molar-refractivity contribution < 1.29 is 41.8 Å². The molecule has 65 heavy (non-hydrogen) atoms. The molecule has 5 atom stereocenters. The summed E-state index contributed by atoms with van der Waals surface area (Å²) in [4.78, 5) is 72.1. The Balaban J connectivity index is 1.07. The van der Waals surface area contributed by atoms with Crippen molar-refractivity contribution >= 4 is 81.8 Å². The number of hydrogen-bond donors (Lipinski definition) is 3. The number of carbonyl (C=O) groups is 4. The molecule has 3 N–H and O–H groups in total. The Morgan fingerprint density at radius 3 is 2.43 bits per heavy atom. The molecule has 4 heterocycles. The van der Waals surface area contributed by atoms with Crippen LogP contribution >= 0.6 is 22.7 Å². The lowest BCUT2D eigenvalue weighted by Gasteiger charge is -2.34. The van der Waals surface area contributed by atoms with Gasteiger partial charge in [-0.25, -0.2) is 23.2 Å². The summed E-state index contributed by atoms with van der Waals surface area (Å²) in [5.41, 5.74) is -0.0351. The normalized spacial score (nSPS) is 22.6. The van der Waals surface area contributed by atoms with Gasteiger partial charge in [0, 0.05) is 33.4 Å². The van der Waals surface area contributed by atoms with E-state index in [0.717, 1.165) is 47.8 Å². The average molecular weight is 942 g/mol. The number of thiazole rings is 1. The molecule has 3 aromatic heterocycles. The molecule has 0 bridgehead atoms. The van der Waals surface area contributed by atoms with E-state index >= 15 is 4.79 Å². The third-order valence-corrected chi connectivity index (χ3v) is 16.4. The van der Waals surface area contributed by atoms with E-state index in [2.05, 4.69) is 26.9 Å². The Labute approximate surface area is 384 Å². The number of benzene rings is 2. The molecule has 9 rings (SSSR count). The number of nitrogens with one attached hydrogen (secondary N) is 3. The van der Waals surface area contributed by atoms with Crippen LogP contribution in [0.1, 0.15) is 82.1 Å². The lowest BCUT2D eigenvalue weighted by molar-refractivity contribution is -0.141. The summed E-state index contributed by atoms with van der Waals surface area (Å²) in [5.74, 6) is -1.67. The molecule has 5 aromatic rings. The molecule has 19 heteroatoms. The standard InChI is InChI=1S/C46H51N7O9S3/c1-5-28-22-46(28,44(57)52-65(58,59)31-19-20-31)51-40(54)34-21-30(23-53(34)42(55)36(26-11-7-6-8-12-26)49-45-47-33(24-63-45)43(56)60-4)62-41-38-37(32-13-9-10-14-35(32)64-38)48-39(50-41)27-15-17-29(18-16-27)61-25(2)3/h5,9-10,13-18,24-26,28,30-31,34,36H,1,6-8,11-12,19-23H2,2-4H3,(H,47,49)(H,51,54)(H,52,57)/t28-,30-,34+,36+,46-/m1/s1. The van der Waals surface area contributed by atoms with Crippen molar-refractivity contribution in [2.45, 2.75) is 107 Å². The molecule has 4 aliphatic rings. The van der Waals surface area contributed by atoms with Crippen molar-refractivity contribution in [2.24, 2.45) is 11.8 Å². The van der Waals surface area contributed by atoms with Gasteiger partial charge in [0.25, 0.3) is 5.91 Å². The quantitative estimate of drug-likeness (QED) is 0.0703. The van der Waals surface area contributed by atoms with Crippen LogP contribution in [0.3, 0.4) is 0 Å². The fraction of sp³-hybridized carbons (Fsp3) is 0.457. The molecular formula is C46H51N7O9S3. The van der Waals surface area contributed by atoms with Gasteiger partial charge in [-0.1, -0.05) is 43.5 Å². The summed E-state index contributed by atoms with van der Waals surface area (Å²) in [6.07, 6.45) is 6.21. The van der Waals surface area contributed by atoms with Gasteiger partial charge in [-0.05, 0) is 82.2 Å². The first-order valence-electron chi connectivity index (χ1n) is 22.0. The highest BCUT2D eigenvalue weighted by atomic mass is 32.2. The van der Waals surface area contributed by atoms with E-state index in [9.17, 15) is 22.8 Å². The summed E-state index contributed by atoms with van der Waals surface area (Å²) < 4.78 is 47.3. The van der Waals surface area contributed by atoms with Crippen LogP contribution in [0.5, 0.6) is 11.6 Å². The minimum atomic E-state index is -3.93. The number of methoxy groups -OCH3 is 1. The van der Waals surface area contributed by atoms with Gasteiger partial charge in [0.1, 0.15) is 34.2 Å². The van der Waals surface area contributed by atoms with E-state index in [0.29, 0.717) is 45.6 Å². The number of ether oxygens (including phenoxy) is 3. The number of carbonyl (C=O) groups excluding carboxylic acids is 4. The second-order valence-electron chi connectivity index (χ2n) is 17.5. The van der Waals surface area contributed by atoms with Crippen molar-refractivity contribution in [3.63, 3.8) is 0 Å². The number of amides is 3. The Morgan fingerprint density at radius 2 is 1.74 bits per heavy atom. The first-order valence-corrected chi connectivity index (χ1v) is 25.3. The lowest BCUT2D eigenvalue weighted by Crippen LogP contribution is -2.58. The fourth-order valence-corrected chi connectivity index (χ4v) is 12.1. The van der Waals surface area contributed by atoms with Gasteiger partial charge in [-0.15, -0.1) is 29.3 Å². The zero-order chi connectivity index (χ0) is 45.6. The summed E-state index contributed by atoms with van der Waals surface area (Å²) >= 11 is 2.65. The van der Waals surface area contributed by atoms with Gasteiger partial charge >= 0.3 is 5.97 Å². The molecule has 4 fully saturated rings. The van der Waals surface area contributed by atoms with Crippen LogP contribution in [-0.2, 0) is 29.1 Å². The second kappa shape index (κ2) is 18.0. The van der Waals surface area contributed by atoms with Crippen molar-refractivity contribution in [3.8, 4) is 23.0 Å². The maximum absolute atomic E-state index is 15.2. The zero-order valence-electron chi connectivity index (χ0n) is 36.3. The lowest BCUT2D eigenvalue weighted by atomic mass is 9.83. The van der Waals surface area contributed by atoms with Crippen LogP contribution in [0.2, 0.25) is 0 Å². The highest BCUT2D eigenvalue weighted by Crippen LogP contribution is 2.46. The number of anilines is 1. The van der Waals surface area contributed by atoms with Crippen LogP contribution in [0.4, 0.5) is 5.13 Å². The number of esters is 1. The monoisotopic (exact) mass is 941 g/mol. The van der Waals surface area contributed by atoms with Gasteiger partial charge in [-0.2, -0.15) is 4.98 Å². The SMILES string of the molecule is C=C[C@@H]1C[C@]1(NC(=O)[C@@H]1C[C@@H](Oc2nc(-c3ccc(OC(C)C)cc3)nc3c2sc2ccccc23)CN1C(=O)[C@@H](Nc1nc(C(=O)OC)cs1)C1CCCCC1)C(=O)NS(=O)(=O)C1CC1. The molecule has 0 spiro atoms. The highest BCUT2D eigenvalue weighted by Gasteiger charge is 2.62. The van der Waals surface area contributed by atoms with Crippen LogP contribution < -0.4 is 24.8 Å². The van der Waals surface area contributed by atoms with Crippen LogP contribution in [0, 0.1) is 11.8 Å². The topological polar surface area (TPSA) is 208 Å². The Bertz CT molecular complexity index is 2770. The number of aromatic nitrogens is 3. The largest absolute Gasteiger partial charge is 0.491 e. The molecule has 3 aliphatic carbocycles. The first kappa shape index (κ1) is 44.5. The molecule has 16 nitrogen and oxygen atoms in total. The molecule has 0 radical (unpaired) electrons. The summed E-state index contributed by atoms with van der Waals surface area (Å²) in [6.45, 7) is 7.75. The summed E-state index contributed by atoms with van der Waals surface area (Å²) in [7, 11) is -2.66. The van der Waals surface area contributed by atoms with Crippen molar-refractivity contribution in [3.05, 3.63) is 72.3 Å². The smallest absolute Gasteiger partial charge is 0.357 e. The Kier molecular flexibility index (Phi) is 12.3. The van der Waals surface area contributed by atoms with E-state index in [4.69, 9.17) is 24.2 Å². The molecule has 1 saturated heterocycles. The predicted octanol–water partition coefficient (Wildman–Crippen LogP) is 6.62. The minimum Gasteiger partial charge on any atom is -0.491 e. The van der Waals surface area contributed by atoms with Crippen molar-refractivity contribution in [1.29, 1.82) is 0 Å². The molecule has 342 valence electrons. The Hall–Kier alpha value is -5.66. The third-order valence-electron chi connectivity index (χ3n) is 12.6. The van der Waals surface area contributed by atoms with E-state index in [1.54, 1.807) is 5.38 Å². The number of fused-ring (bicyclic) bond motifs is 3. The van der Waals surface area contributed by atoms with Gasteiger partial charge in [0.2, 0.25) is 27.7 Å². The number of rotatable bonds is 16. The molecular weight excluding hydrogens is 891 g/mol. The third kappa shape index (κ3) is 9.14. The zero-order valence-corrected chi connectivity index (χ0v) is 38.7. The van der Waals surface area contributed by atoms with Gasteiger partial charge < -0.3 is 29.7 Å². The average Bonchev–Trinajstić information content (AvgIpc) is 4.14. The number of hydrogen-bond acceptors (Lipinski definition) is 15. The minimum absolute atomic E-state index is 0.00579. The van der Waals surface area contributed by atoms with Crippen LogP contribution in [-0.4, -0.2) is 101 Å². The molecule has 2 aromatic carbocycles. The van der Waals surface area contributed by atoms with Crippen LogP contribution in [0.25, 0.3) is 31.7 Å². The van der Waals surface area contributed by atoms with Crippen molar-refractivity contribution in [1.82, 2.24) is 29.9 Å². The Morgan fingerprint density at radius 1 is 0.985 bits per heavy atom. The van der Waals surface area contributed by atoms with Crippen LogP contribution in [0.15, 0.2) is 66.6 Å². The number of likely N-dealkylation sites (tertiary alicyclic amines) is 1. The number of nitrogens with zero attached hydrogens (tertiary/aromatic N) is 4. The summed E-state index contributed by atoms with van der Waals surface area (Å²) in [5, 5.41) is 8.41. The predicted molar refractivity (Wildman–Crippen MR) is 247 cm³/mol. The van der Waals surface area contributed by atoms with Gasteiger partial charge in [-0.3, -0.25) is 19.1 Å². The molecule has 0 unspecified atom stereocenters. The number of thiophene rings is 1. The van der Waals surface area contributed by atoms with Gasteiger partial charge in [0.05, 0.1) is 30.5 Å². The molecule has 3 saturated carbocycles. The second-order valence-corrected chi connectivity index (χ2v) is 21.4. The molecule has 3 amide bonds. The highest BCUT2D eigenvalue weighted by molar-refractivity contribution is 7.91. The van der Waals surface area contributed by atoms with E-state index in [1.165, 1.54) is 40.8 Å². The fourth-order valence-electron chi connectivity index (χ4n) is 8.98. The van der Waals surface area contributed by atoms with Gasteiger partial charge in [0.15, 0.2) is 16.6 Å². The van der Waals surface area contributed by atoms with E-state index in [1.807, 2.05) is 62.4 Å². The summed E-state index contributed by atoms with van der Waals surface area (Å²) in [6, 6.07) is 13.4. The van der Waals surface area contributed by atoms with Crippen molar-refractivity contribution in [2.75, 3.05) is 19.0 Å². The van der Waals surface area contributed by atoms with E-state index in [-0.39, 0.29) is 43.0 Å².